The third-order valence-corrected chi connectivity index (χ3v) is 6.66. The van der Waals surface area contributed by atoms with E-state index in [2.05, 4.69) is 20.7 Å². The number of carbonyl (C=O) groups excluding carboxylic acids is 2. The molecule has 0 saturated carbocycles. The van der Waals surface area contributed by atoms with Crippen molar-refractivity contribution in [3.05, 3.63) is 28.2 Å². The van der Waals surface area contributed by atoms with Crippen LogP contribution in [0.5, 0.6) is 0 Å². The van der Waals surface area contributed by atoms with Gasteiger partial charge in [-0.1, -0.05) is 0 Å². The average molecular weight is 461 g/mol. The molecule has 150 valence electrons. The van der Waals surface area contributed by atoms with E-state index in [1.54, 1.807) is 18.7 Å². The quantitative estimate of drug-likeness (QED) is 0.658. The number of sulfonamides is 1. The van der Waals surface area contributed by atoms with Gasteiger partial charge in [0.15, 0.2) is 6.61 Å². The number of nitrogens with one attached hydrogen (secondary N) is 1. The predicted octanol–water partition coefficient (Wildman–Crippen LogP) is 2.69. The van der Waals surface area contributed by atoms with E-state index in [1.807, 2.05) is 6.92 Å². The van der Waals surface area contributed by atoms with Gasteiger partial charge in [-0.05, 0) is 74.2 Å². The van der Waals surface area contributed by atoms with E-state index < -0.39 is 16.0 Å². The van der Waals surface area contributed by atoms with Crippen LogP contribution in [-0.4, -0.2) is 50.4 Å². The van der Waals surface area contributed by atoms with Crippen LogP contribution in [-0.2, 0) is 19.6 Å². The molecule has 1 N–H and O–H groups in total. The largest absolute Gasteiger partial charge is 0.452 e. The van der Waals surface area contributed by atoms with Crippen molar-refractivity contribution in [2.45, 2.75) is 57.0 Å². The number of ether oxygens (including phenoxy) is 1. The molecule has 1 saturated heterocycles. The molecule has 7 nitrogen and oxygen atoms in total. The number of rotatable bonds is 6. The van der Waals surface area contributed by atoms with Gasteiger partial charge in [0, 0.05) is 23.1 Å². The molecule has 0 aromatic heterocycles. The second kappa shape index (κ2) is 9.16. The Bertz CT molecular complexity index is 810. The van der Waals surface area contributed by atoms with Crippen molar-refractivity contribution in [3.63, 3.8) is 0 Å². The third kappa shape index (κ3) is 5.76. The number of piperidine rings is 1. The summed E-state index contributed by atoms with van der Waals surface area (Å²) in [5.74, 6) is -0.988. The number of carbonyl (C=O) groups is 2. The molecule has 9 heteroatoms. The Hall–Kier alpha value is -1.45. The summed E-state index contributed by atoms with van der Waals surface area (Å²) < 4.78 is 32.6. The van der Waals surface area contributed by atoms with Crippen LogP contribution in [0.25, 0.3) is 0 Å². The summed E-state index contributed by atoms with van der Waals surface area (Å²) in [5.41, 5.74) is 0.0566. The van der Waals surface area contributed by atoms with Crippen molar-refractivity contribution in [1.29, 1.82) is 0 Å². The molecule has 1 aliphatic heterocycles. The van der Waals surface area contributed by atoms with Gasteiger partial charge in [-0.3, -0.25) is 4.79 Å². The first-order valence-electron chi connectivity index (χ1n) is 8.90. The first-order valence-corrected chi connectivity index (χ1v) is 11.2. The highest BCUT2D eigenvalue weighted by atomic mass is 79.9. The van der Waals surface area contributed by atoms with E-state index in [0.717, 1.165) is 19.3 Å². The molecule has 1 atom stereocenters. The zero-order valence-electron chi connectivity index (χ0n) is 15.7. The zero-order chi connectivity index (χ0) is 20.2. The van der Waals surface area contributed by atoms with Gasteiger partial charge in [0.05, 0.1) is 10.5 Å². The van der Waals surface area contributed by atoms with Gasteiger partial charge in [-0.15, -0.1) is 0 Å². The van der Waals surface area contributed by atoms with Crippen LogP contribution in [0.3, 0.4) is 0 Å². The van der Waals surface area contributed by atoms with Crippen molar-refractivity contribution in [2.24, 2.45) is 0 Å². The number of halogens is 1. The van der Waals surface area contributed by atoms with E-state index in [0.29, 0.717) is 11.0 Å². The van der Waals surface area contributed by atoms with Gasteiger partial charge in [-0.2, -0.15) is 0 Å². The molecule has 1 aromatic carbocycles. The second-order valence-electron chi connectivity index (χ2n) is 6.93. The molecule has 2 rings (SSSR count). The highest BCUT2D eigenvalue weighted by Gasteiger charge is 2.25. The Morgan fingerprint density at radius 2 is 2.04 bits per heavy atom. The van der Waals surface area contributed by atoms with Crippen LogP contribution in [0.15, 0.2) is 27.6 Å². The van der Waals surface area contributed by atoms with Crippen LogP contribution in [0.2, 0.25) is 0 Å². The van der Waals surface area contributed by atoms with Crippen LogP contribution < -0.4 is 4.72 Å². The van der Waals surface area contributed by atoms with E-state index in [-0.39, 0.29) is 35.1 Å². The van der Waals surface area contributed by atoms with Crippen LogP contribution in [0.4, 0.5) is 0 Å². The molecular weight excluding hydrogens is 436 g/mol. The lowest BCUT2D eigenvalue weighted by molar-refractivity contribution is -0.137. The lowest BCUT2D eigenvalue weighted by Crippen LogP contribution is -2.44. The molecule has 1 amide bonds. The number of benzene rings is 1. The van der Waals surface area contributed by atoms with Gasteiger partial charge in [0.2, 0.25) is 10.0 Å². The molecular formula is C18H25BrN2O5S. The maximum atomic E-state index is 12.4. The Morgan fingerprint density at radius 1 is 1.33 bits per heavy atom. The highest BCUT2D eigenvalue weighted by Crippen LogP contribution is 2.22. The third-order valence-electron chi connectivity index (χ3n) is 4.31. The predicted molar refractivity (Wildman–Crippen MR) is 105 cm³/mol. The molecule has 0 aliphatic carbocycles. The van der Waals surface area contributed by atoms with Crippen molar-refractivity contribution < 1.29 is 22.7 Å². The van der Waals surface area contributed by atoms with Crippen molar-refractivity contribution in [1.82, 2.24) is 9.62 Å². The number of hydrogen-bond acceptors (Lipinski definition) is 5. The van der Waals surface area contributed by atoms with E-state index in [4.69, 9.17) is 4.74 Å². The van der Waals surface area contributed by atoms with Crippen LogP contribution >= 0.6 is 15.9 Å². The summed E-state index contributed by atoms with van der Waals surface area (Å²) in [6.07, 6.45) is 2.97. The average Bonchev–Trinajstić information content (AvgIpc) is 2.59. The van der Waals surface area contributed by atoms with Gasteiger partial charge in [-0.25, -0.2) is 17.9 Å². The summed E-state index contributed by atoms with van der Waals surface area (Å²) in [7, 11) is -3.74. The normalized spacial score (nSPS) is 17.8. The highest BCUT2D eigenvalue weighted by molar-refractivity contribution is 9.10. The summed E-state index contributed by atoms with van der Waals surface area (Å²) >= 11 is 3.23. The second-order valence-corrected chi connectivity index (χ2v) is 9.49. The smallest absolute Gasteiger partial charge is 0.339 e. The maximum absolute atomic E-state index is 12.4. The maximum Gasteiger partial charge on any atom is 0.339 e. The summed E-state index contributed by atoms with van der Waals surface area (Å²) in [6, 6.07) is 3.96. The van der Waals surface area contributed by atoms with Crippen molar-refractivity contribution in [3.8, 4) is 0 Å². The number of hydrogen-bond donors (Lipinski definition) is 1. The number of nitrogens with zero attached hydrogens (tertiary/aromatic N) is 1. The molecule has 27 heavy (non-hydrogen) atoms. The van der Waals surface area contributed by atoms with Gasteiger partial charge < -0.3 is 9.64 Å². The molecule has 0 spiro atoms. The van der Waals surface area contributed by atoms with Gasteiger partial charge in [0.25, 0.3) is 5.91 Å². The molecule has 1 aromatic rings. The molecule has 0 unspecified atom stereocenters. The van der Waals surface area contributed by atoms with E-state index in [1.165, 1.54) is 18.2 Å². The molecule has 0 bridgehead atoms. The SMILES string of the molecule is CC(C)NS(=O)(=O)c1ccc(Br)c(C(=O)OCC(=O)N2CCCC[C@H]2C)c1. The van der Waals surface area contributed by atoms with E-state index in [9.17, 15) is 18.0 Å². The molecule has 1 fully saturated rings. The minimum absolute atomic E-state index is 0.0395. The number of esters is 1. The Kier molecular flexibility index (Phi) is 7.41. The fourth-order valence-corrected chi connectivity index (χ4v) is 4.65. The Balaban J connectivity index is 2.09. The first-order chi connectivity index (χ1) is 12.6. The standard InChI is InChI=1S/C18H25BrN2O5S/c1-12(2)20-27(24,25)14-7-8-16(19)15(10-14)18(23)26-11-17(22)21-9-5-4-6-13(21)3/h7-8,10,12-13,20H,4-6,9,11H2,1-3H3/t13-/m1/s1. The monoisotopic (exact) mass is 460 g/mol. The summed E-state index contributed by atoms with van der Waals surface area (Å²) in [6.45, 7) is 5.69. The minimum Gasteiger partial charge on any atom is -0.452 e. The van der Waals surface area contributed by atoms with Crippen LogP contribution in [0, 0.1) is 0 Å². The molecule has 0 radical (unpaired) electrons. The van der Waals surface area contributed by atoms with Gasteiger partial charge in [0.1, 0.15) is 0 Å². The number of likely N-dealkylation sites (tertiary alicyclic amines) is 1. The molecule has 1 aliphatic rings. The Labute approximate surface area is 168 Å². The summed E-state index contributed by atoms with van der Waals surface area (Å²) in [4.78, 5) is 26.4. The van der Waals surface area contributed by atoms with E-state index >= 15 is 0 Å². The zero-order valence-corrected chi connectivity index (χ0v) is 18.1. The summed E-state index contributed by atoms with van der Waals surface area (Å²) in [5, 5.41) is 0. The topological polar surface area (TPSA) is 92.8 Å². The lowest BCUT2D eigenvalue weighted by Gasteiger charge is -2.33. The lowest BCUT2D eigenvalue weighted by atomic mass is 10.0. The Morgan fingerprint density at radius 3 is 2.67 bits per heavy atom. The fraction of sp³-hybridized carbons (Fsp3) is 0.556. The molecule has 1 heterocycles. The van der Waals surface area contributed by atoms with Crippen LogP contribution in [0.1, 0.15) is 50.4 Å². The van der Waals surface area contributed by atoms with Crippen molar-refractivity contribution >= 4 is 37.8 Å². The number of amides is 1. The minimum atomic E-state index is -3.74. The first kappa shape index (κ1) is 21.8. The van der Waals surface area contributed by atoms with Crippen molar-refractivity contribution in [2.75, 3.05) is 13.2 Å². The van der Waals surface area contributed by atoms with Gasteiger partial charge >= 0.3 is 5.97 Å². The fourth-order valence-electron chi connectivity index (χ4n) is 2.96.